The summed E-state index contributed by atoms with van der Waals surface area (Å²) < 4.78 is 0. The zero-order chi connectivity index (χ0) is 44.7. The molecule has 0 aromatic carbocycles. The minimum absolute atomic E-state index is 0. The first-order chi connectivity index (χ1) is 29.3. The van der Waals surface area contributed by atoms with Crippen molar-refractivity contribution in [1.29, 1.82) is 0 Å². The molecule has 0 saturated heterocycles. The van der Waals surface area contributed by atoms with Gasteiger partial charge in [-0.25, -0.2) is 0 Å². The fourth-order valence-corrected chi connectivity index (χ4v) is 7.04. The average molecular weight is 892 g/mol. The van der Waals surface area contributed by atoms with Gasteiger partial charge >= 0.3 is 17.9 Å². The molecule has 0 aliphatic carbocycles. The third-order valence-electron chi connectivity index (χ3n) is 11.0. The number of carboxylic acids is 3. The van der Waals surface area contributed by atoms with E-state index < -0.39 is 17.9 Å². The SMILES string of the molecule is CCCCCC/C=C\CCCCCCCCCC(=O)O.CCCCCC/C=C\CCCCCCCCCC(=O)O.CCCCCC/C=C\CCCCCCCCCC(=O)O.[Sc]. The number of allylic oxidation sites excluding steroid dienone is 6. The van der Waals surface area contributed by atoms with Gasteiger partial charge in [-0.15, -0.1) is 0 Å². The van der Waals surface area contributed by atoms with Crippen LogP contribution in [-0.4, -0.2) is 33.2 Å². The predicted molar refractivity (Wildman–Crippen MR) is 261 cm³/mol. The Morgan fingerprint density at radius 3 is 0.574 bits per heavy atom. The van der Waals surface area contributed by atoms with Crippen molar-refractivity contribution in [2.75, 3.05) is 0 Å². The molecule has 0 rings (SSSR count). The fourth-order valence-electron chi connectivity index (χ4n) is 7.04. The molecule has 1 radical (unpaired) electrons. The van der Waals surface area contributed by atoms with Crippen molar-refractivity contribution in [3.8, 4) is 0 Å². The van der Waals surface area contributed by atoms with Gasteiger partial charge in [0.05, 0.1) is 0 Å². The van der Waals surface area contributed by atoms with Crippen molar-refractivity contribution in [3.05, 3.63) is 36.5 Å². The summed E-state index contributed by atoms with van der Waals surface area (Å²) in [6.07, 6.45) is 63.7. The Morgan fingerprint density at radius 2 is 0.410 bits per heavy atom. The van der Waals surface area contributed by atoms with Gasteiger partial charge in [0.1, 0.15) is 0 Å². The summed E-state index contributed by atoms with van der Waals surface area (Å²) in [6, 6.07) is 0. The minimum atomic E-state index is -0.661. The maximum Gasteiger partial charge on any atom is 0.303 e. The molecule has 0 spiro atoms. The second kappa shape index (κ2) is 62.8. The van der Waals surface area contributed by atoms with Gasteiger partial charge in [0.2, 0.25) is 0 Å². The van der Waals surface area contributed by atoms with Crippen LogP contribution >= 0.6 is 0 Å². The Balaban J connectivity index is -0.000000396. The summed E-state index contributed by atoms with van der Waals surface area (Å²) in [6.45, 7) is 6.76. The first kappa shape index (κ1) is 66.1. The smallest absolute Gasteiger partial charge is 0.303 e. The van der Waals surface area contributed by atoms with E-state index in [2.05, 4.69) is 57.2 Å². The molecule has 0 aromatic rings. The van der Waals surface area contributed by atoms with E-state index in [0.29, 0.717) is 19.3 Å². The zero-order valence-corrected chi connectivity index (χ0v) is 42.6. The molecule has 7 heteroatoms. The molecule has 0 fully saturated rings. The summed E-state index contributed by atoms with van der Waals surface area (Å²) in [5.74, 6) is -1.98. The van der Waals surface area contributed by atoms with Crippen LogP contribution in [-0.2, 0) is 40.2 Å². The number of rotatable bonds is 45. The summed E-state index contributed by atoms with van der Waals surface area (Å²) >= 11 is 0. The second-order valence-corrected chi connectivity index (χ2v) is 17.2. The number of aliphatic carboxylic acids is 3. The number of unbranched alkanes of at least 4 members (excludes halogenated alkanes) is 33. The van der Waals surface area contributed by atoms with Crippen molar-refractivity contribution in [2.45, 2.75) is 290 Å². The Morgan fingerprint density at radius 1 is 0.262 bits per heavy atom. The van der Waals surface area contributed by atoms with E-state index in [1.54, 1.807) is 0 Å². The summed E-state index contributed by atoms with van der Waals surface area (Å²) in [7, 11) is 0. The molecule has 0 amide bonds. The van der Waals surface area contributed by atoms with Gasteiger partial charge in [-0.1, -0.05) is 211 Å². The van der Waals surface area contributed by atoms with Crippen LogP contribution in [0.5, 0.6) is 0 Å². The summed E-state index contributed by atoms with van der Waals surface area (Å²) in [5.41, 5.74) is 0. The summed E-state index contributed by atoms with van der Waals surface area (Å²) in [4.78, 5) is 31.0. The first-order valence-corrected chi connectivity index (χ1v) is 25.9. The van der Waals surface area contributed by atoms with Gasteiger partial charge in [0, 0.05) is 45.1 Å². The molecular weight excluding hydrogens is 790 g/mol. The predicted octanol–water partition coefficient (Wildman–Crippen LogP) is 18.3. The quantitative estimate of drug-likeness (QED) is 0.0415. The fraction of sp³-hybridized carbons (Fsp3) is 0.833. The van der Waals surface area contributed by atoms with Crippen LogP contribution in [0.4, 0.5) is 0 Å². The minimum Gasteiger partial charge on any atom is -0.481 e. The van der Waals surface area contributed by atoms with Crippen LogP contribution in [0.2, 0.25) is 0 Å². The van der Waals surface area contributed by atoms with Crippen molar-refractivity contribution in [1.82, 2.24) is 0 Å². The number of carbonyl (C=O) groups is 3. The molecule has 0 aromatic heterocycles. The Labute approximate surface area is 398 Å². The number of hydrogen-bond acceptors (Lipinski definition) is 3. The molecule has 61 heavy (non-hydrogen) atoms. The van der Waals surface area contributed by atoms with Gasteiger partial charge in [-0.2, -0.15) is 0 Å². The van der Waals surface area contributed by atoms with Crippen molar-refractivity contribution >= 4 is 17.9 Å². The standard InChI is InChI=1S/3C18H34O2.Sc/c3*1-2-3-4-5-6-7-8-9-10-11-12-13-14-15-16-17-18(19)20;/h3*7-8H,2-6,9-17H2,1H3,(H,19,20);/b3*8-7-;. The van der Waals surface area contributed by atoms with Crippen LogP contribution < -0.4 is 0 Å². The van der Waals surface area contributed by atoms with Crippen molar-refractivity contribution < 1.29 is 55.5 Å². The molecule has 0 unspecified atom stereocenters. The first-order valence-electron chi connectivity index (χ1n) is 25.9. The molecule has 0 bridgehead atoms. The van der Waals surface area contributed by atoms with Crippen LogP contribution in [0, 0.1) is 0 Å². The van der Waals surface area contributed by atoms with Crippen molar-refractivity contribution in [3.63, 3.8) is 0 Å². The molecule has 0 saturated carbocycles. The monoisotopic (exact) mass is 892 g/mol. The molecule has 357 valence electrons. The normalized spacial score (nSPS) is 11.1. The number of hydrogen-bond donors (Lipinski definition) is 3. The van der Waals surface area contributed by atoms with E-state index in [9.17, 15) is 14.4 Å². The Hall–Kier alpha value is -1.50. The van der Waals surface area contributed by atoms with Gasteiger partial charge < -0.3 is 15.3 Å². The van der Waals surface area contributed by atoms with Crippen LogP contribution in [0.1, 0.15) is 290 Å². The zero-order valence-electron chi connectivity index (χ0n) is 40.8. The van der Waals surface area contributed by atoms with Crippen LogP contribution in [0.15, 0.2) is 36.5 Å². The largest absolute Gasteiger partial charge is 0.481 e. The Kier molecular flexibility index (Phi) is 68.0. The topological polar surface area (TPSA) is 112 Å². The van der Waals surface area contributed by atoms with Crippen LogP contribution in [0.3, 0.4) is 0 Å². The third-order valence-corrected chi connectivity index (χ3v) is 11.0. The van der Waals surface area contributed by atoms with E-state index in [1.807, 2.05) is 0 Å². The molecule has 0 aliphatic heterocycles. The van der Waals surface area contributed by atoms with E-state index in [0.717, 1.165) is 38.5 Å². The molecule has 3 N–H and O–H groups in total. The molecule has 6 nitrogen and oxygen atoms in total. The Bertz CT molecular complexity index is 827. The number of carboxylic acid groups (broad SMARTS) is 3. The van der Waals surface area contributed by atoms with Gasteiger partial charge in [0.25, 0.3) is 0 Å². The maximum atomic E-state index is 10.3. The molecule has 0 aliphatic rings. The van der Waals surface area contributed by atoms with E-state index in [1.165, 1.54) is 212 Å². The van der Waals surface area contributed by atoms with E-state index in [-0.39, 0.29) is 25.8 Å². The third kappa shape index (κ3) is 76.2. The van der Waals surface area contributed by atoms with E-state index >= 15 is 0 Å². The maximum absolute atomic E-state index is 10.3. The van der Waals surface area contributed by atoms with Gasteiger partial charge in [0.15, 0.2) is 0 Å². The van der Waals surface area contributed by atoms with Crippen molar-refractivity contribution in [2.24, 2.45) is 0 Å². The van der Waals surface area contributed by atoms with Gasteiger partial charge in [-0.05, 0) is 96.3 Å². The second-order valence-electron chi connectivity index (χ2n) is 17.2. The average Bonchev–Trinajstić information content (AvgIpc) is 3.22. The van der Waals surface area contributed by atoms with Gasteiger partial charge in [-0.3, -0.25) is 14.4 Å². The summed E-state index contributed by atoms with van der Waals surface area (Å²) in [5, 5.41) is 25.5. The van der Waals surface area contributed by atoms with Crippen LogP contribution in [0.25, 0.3) is 0 Å². The molecule has 0 heterocycles. The van der Waals surface area contributed by atoms with E-state index in [4.69, 9.17) is 15.3 Å². The molecular formula is C54H102O6Sc. The molecule has 0 atom stereocenters.